The second-order valence-electron chi connectivity index (χ2n) is 8.98. The monoisotopic (exact) mass is 437 g/mol. The third-order valence-corrected chi connectivity index (χ3v) is 8.52. The van der Waals surface area contributed by atoms with Gasteiger partial charge in [-0.25, -0.2) is 0 Å². The number of hydrogen-bond acceptors (Lipinski definition) is 4. The molecular formula is C25H44NO3P. The molecule has 2 unspecified atom stereocenters. The Hall–Kier alpha value is -0.670. The van der Waals surface area contributed by atoms with Crippen LogP contribution in [-0.2, 0) is 20.0 Å². The van der Waals surface area contributed by atoms with Crippen molar-refractivity contribution in [1.82, 2.24) is 0 Å². The summed E-state index contributed by atoms with van der Waals surface area (Å²) in [6.45, 7) is 6.78. The zero-order chi connectivity index (χ0) is 21.9. The first-order valence-electron chi connectivity index (χ1n) is 12.2. The molecular weight excluding hydrogens is 393 g/mol. The van der Waals surface area contributed by atoms with Crippen molar-refractivity contribution < 1.29 is 13.6 Å². The molecule has 0 aliphatic heterocycles. The molecule has 1 aliphatic carbocycles. The molecule has 0 amide bonds. The van der Waals surface area contributed by atoms with Gasteiger partial charge in [-0.2, -0.15) is 0 Å². The Morgan fingerprint density at radius 2 is 1.63 bits per heavy atom. The summed E-state index contributed by atoms with van der Waals surface area (Å²) in [5, 5.41) is 0. The topological polar surface area (TPSA) is 61.6 Å². The van der Waals surface area contributed by atoms with E-state index in [2.05, 4.69) is 31.2 Å². The Morgan fingerprint density at radius 3 is 2.27 bits per heavy atom. The van der Waals surface area contributed by atoms with Crippen molar-refractivity contribution in [3.05, 3.63) is 35.4 Å². The van der Waals surface area contributed by atoms with E-state index in [1.165, 1.54) is 56.1 Å². The van der Waals surface area contributed by atoms with E-state index < -0.39 is 7.60 Å². The number of rotatable bonds is 15. The van der Waals surface area contributed by atoms with Crippen molar-refractivity contribution in [2.45, 2.75) is 103 Å². The first-order valence-corrected chi connectivity index (χ1v) is 13.9. The molecule has 1 aromatic rings. The van der Waals surface area contributed by atoms with Gasteiger partial charge >= 0.3 is 7.60 Å². The third-order valence-electron chi connectivity index (χ3n) is 6.45. The lowest BCUT2D eigenvalue weighted by Crippen LogP contribution is -2.37. The molecule has 2 atom stereocenters. The van der Waals surface area contributed by atoms with E-state index in [0.29, 0.717) is 31.7 Å². The van der Waals surface area contributed by atoms with Gasteiger partial charge in [0.1, 0.15) is 0 Å². The van der Waals surface area contributed by atoms with Crippen LogP contribution in [0.25, 0.3) is 0 Å². The Bertz CT molecular complexity index is 638. The number of unbranched alkanes of at least 4 members (excludes halogenated alkanes) is 5. The lowest BCUT2D eigenvalue weighted by Gasteiger charge is -2.27. The second kappa shape index (κ2) is 13.0. The molecule has 30 heavy (non-hydrogen) atoms. The summed E-state index contributed by atoms with van der Waals surface area (Å²) in [5.41, 5.74) is 9.27. The predicted molar refractivity (Wildman–Crippen MR) is 127 cm³/mol. The van der Waals surface area contributed by atoms with Crippen LogP contribution in [-0.4, -0.2) is 24.9 Å². The van der Waals surface area contributed by atoms with Gasteiger partial charge in [-0.15, -0.1) is 0 Å². The molecule has 0 radical (unpaired) electrons. The predicted octanol–water partition coefficient (Wildman–Crippen LogP) is 7.21. The van der Waals surface area contributed by atoms with Crippen LogP contribution < -0.4 is 5.73 Å². The van der Waals surface area contributed by atoms with Gasteiger partial charge in [-0.05, 0) is 69.4 Å². The van der Waals surface area contributed by atoms with Crippen molar-refractivity contribution in [3.63, 3.8) is 0 Å². The number of hydrogen-bond donors (Lipinski definition) is 1. The normalized spacial score (nSPS) is 21.9. The fourth-order valence-electron chi connectivity index (χ4n) is 4.65. The zero-order valence-corrected chi connectivity index (χ0v) is 20.4. The standard InChI is InChI=1S/C25H44NO3P/c1-4-7-8-9-10-11-12-22-13-15-23(16-14-22)24-17-18-25(26,21-24)19-20-30(27,28-5-2)29-6-3/h13-16,24H,4-12,17-21,26H2,1-3H3. The second-order valence-corrected chi connectivity index (χ2v) is 11.2. The van der Waals surface area contributed by atoms with E-state index >= 15 is 0 Å². The highest BCUT2D eigenvalue weighted by Gasteiger charge is 2.38. The van der Waals surface area contributed by atoms with Crippen LogP contribution >= 0.6 is 7.60 Å². The minimum atomic E-state index is -3.01. The van der Waals surface area contributed by atoms with Crippen LogP contribution in [0.4, 0.5) is 0 Å². The molecule has 5 heteroatoms. The van der Waals surface area contributed by atoms with Crippen molar-refractivity contribution >= 4 is 7.60 Å². The maximum atomic E-state index is 12.8. The fourth-order valence-corrected chi connectivity index (χ4v) is 6.49. The van der Waals surface area contributed by atoms with Gasteiger partial charge in [0, 0.05) is 5.54 Å². The Balaban J connectivity index is 1.80. The molecule has 1 aromatic carbocycles. The van der Waals surface area contributed by atoms with Crippen molar-refractivity contribution in [1.29, 1.82) is 0 Å². The number of aryl methyl sites for hydroxylation is 1. The molecule has 0 saturated heterocycles. The van der Waals surface area contributed by atoms with Crippen molar-refractivity contribution in [2.24, 2.45) is 5.73 Å². The van der Waals surface area contributed by atoms with Gasteiger partial charge < -0.3 is 14.8 Å². The van der Waals surface area contributed by atoms with Crippen molar-refractivity contribution in [2.75, 3.05) is 19.4 Å². The van der Waals surface area contributed by atoms with E-state index in [9.17, 15) is 4.57 Å². The van der Waals surface area contributed by atoms with Crippen LogP contribution in [0.5, 0.6) is 0 Å². The van der Waals surface area contributed by atoms with Gasteiger partial charge in [0.2, 0.25) is 0 Å². The van der Waals surface area contributed by atoms with E-state index in [4.69, 9.17) is 14.8 Å². The molecule has 0 bridgehead atoms. The zero-order valence-electron chi connectivity index (χ0n) is 19.5. The third kappa shape index (κ3) is 8.46. The maximum absolute atomic E-state index is 12.8. The summed E-state index contributed by atoms with van der Waals surface area (Å²) < 4.78 is 23.6. The van der Waals surface area contributed by atoms with Crippen LogP contribution in [0.2, 0.25) is 0 Å². The highest BCUT2D eigenvalue weighted by atomic mass is 31.2. The summed E-state index contributed by atoms with van der Waals surface area (Å²) in [6, 6.07) is 9.20. The fraction of sp³-hybridized carbons (Fsp3) is 0.760. The summed E-state index contributed by atoms with van der Waals surface area (Å²) in [7, 11) is -3.01. The lowest BCUT2D eigenvalue weighted by atomic mass is 9.90. The Labute approximate surface area is 184 Å². The highest BCUT2D eigenvalue weighted by molar-refractivity contribution is 7.53. The van der Waals surface area contributed by atoms with Crippen molar-refractivity contribution in [3.8, 4) is 0 Å². The highest BCUT2D eigenvalue weighted by Crippen LogP contribution is 2.51. The van der Waals surface area contributed by atoms with Crippen LogP contribution in [0.1, 0.15) is 102 Å². The van der Waals surface area contributed by atoms with Crippen LogP contribution in [0, 0.1) is 0 Å². The molecule has 2 N–H and O–H groups in total. The molecule has 1 saturated carbocycles. The first-order chi connectivity index (χ1) is 14.4. The van der Waals surface area contributed by atoms with E-state index in [1.54, 1.807) is 0 Å². The lowest BCUT2D eigenvalue weighted by molar-refractivity contribution is 0.217. The minimum Gasteiger partial charge on any atom is -0.325 e. The smallest absolute Gasteiger partial charge is 0.325 e. The Morgan fingerprint density at radius 1 is 1.00 bits per heavy atom. The van der Waals surface area contributed by atoms with Gasteiger partial charge in [0.25, 0.3) is 0 Å². The van der Waals surface area contributed by atoms with Gasteiger partial charge in [-0.1, -0.05) is 63.3 Å². The maximum Gasteiger partial charge on any atom is 0.330 e. The molecule has 0 spiro atoms. The summed E-state index contributed by atoms with van der Waals surface area (Å²) >= 11 is 0. The molecule has 1 aliphatic rings. The quantitative estimate of drug-likeness (QED) is 0.233. The molecule has 1 fully saturated rings. The largest absolute Gasteiger partial charge is 0.330 e. The van der Waals surface area contributed by atoms with E-state index in [1.807, 2.05) is 13.8 Å². The minimum absolute atomic E-state index is 0.272. The van der Waals surface area contributed by atoms with Crippen LogP contribution in [0.3, 0.4) is 0 Å². The number of nitrogens with two attached hydrogens (primary N) is 1. The average Bonchev–Trinajstić information content (AvgIpc) is 3.13. The SMILES string of the molecule is CCCCCCCCc1ccc(C2CCC(N)(CCP(=O)(OCC)OCC)C2)cc1. The number of benzene rings is 1. The molecule has 0 heterocycles. The molecule has 2 rings (SSSR count). The van der Waals surface area contributed by atoms with Gasteiger partial charge in [0.15, 0.2) is 0 Å². The average molecular weight is 438 g/mol. The Kier molecular flexibility index (Phi) is 11.1. The van der Waals surface area contributed by atoms with E-state index in [-0.39, 0.29) is 5.54 Å². The summed E-state index contributed by atoms with van der Waals surface area (Å²) in [6.07, 6.45) is 13.4. The van der Waals surface area contributed by atoms with Gasteiger partial charge in [0.05, 0.1) is 19.4 Å². The first kappa shape index (κ1) is 25.6. The summed E-state index contributed by atoms with van der Waals surface area (Å²) in [4.78, 5) is 0. The molecule has 0 aromatic heterocycles. The summed E-state index contributed by atoms with van der Waals surface area (Å²) in [5.74, 6) is 0.497. The molecule has 172 valence electrons. The van der Waals surface area contributed by atoms with Crippen LogP contribution in [0.15, 0.2) is 24.3 Å². The van der Waals surface area contributed by atoms with E-state index in [0.717, 1.165) is 19.3 Å². The molecule has 4 nitrogen and oxygen atoms in total. The van der Waals surface area contributed by atoms with Gasteiger partial charge in [-0.3, -0.25) is 4.57 Å².